The molecule has 4 heterocycles. The Labute approximate surface area is 186 Å². The van der Waals surface area contributed by atoms with E-state index in [1.807, 2.05) is 58.2 Å². The van der Waals surface area contributed by atoms with E-state index in [9.17, 15) is 4.79 Å². The summed E-state index contributed by atoms with van der Waals surface area (Å²) < 4.78 is 1.99. The second-order valence-electron chi connectivity index (χ2n) is 7.90. The molecule has 5 nitrogen and oxygen atoms in total. The number of nitrogens with zero attached hydrogens (tertiary/aromatic N) is 4. The van der Waals surface area contributed by atoms with Crippen LogP contribution in [0.2, 0.25) is 0 Å². The molecule has 1 aliphatic rings. The number of imidazole rings is 1. The number of pyridine rings is 2. The van der Waals surface area contributed by atoms with Crippen LogP contribution < -0.4 is 0 Å². The van der Waals surface area contributed by atoms with Gasteiger partial charge in [-0.3, -0.25) is 4.79 Å². The van der Waals surface area contributed by atoms with E-state index in [0.29, 0.717) is 0 Å². The minimum absolute atomic E-state index is 0.184. The van der Waals surface area contributed by atoms with Gasteiger partial charge in [0.15, 0.2) is 0 Å². The summed E-state index contributed by atoms with van der Waals surface area (Å²) in [5, 5.41) is 0.615. The van der Waals surface area contributed by atoms with Gasteiger partial charge in [0.2, 0.25) is 5.91 Å². The van der Waals surface area contributed by atoms with Crippen molar-refractivity contribution in [1.29, 1.82) is 0 Å². The van der Waals surface area contributed by atoms with Crippen molar-refractivity contribution in [1.82, 2.24) is 19.3 Å². The first-order valence-corrected chi connectivity index (χ1v) is 11.5. The number of thioether (sulfide) groups is 1. The van der Waals surface area contributed by atoms with Crippen LogP contribution in [0, 0.1) is 6.92 Å². The predicted molar refractivity (Wildman–Crippen MR) is 124 cm³/mol. The molecule has 1 atom stereocenters. The lowest BCUT2D eigenvalue weighted by Gasteiger charge is -2.23. The number of hydrogen-bond donors (Lipinski definition) is 0. The van der Waals surface area contributed by atoms with Crippen molar-refractivity contribution in [2.45, 2.75) is 30.0 Å². The number of benzene rings is 1. The summed E-state index contributed by atoms with van der Waals surface area (Å²) in [6, 6.07) is 16.3. The third-order valence-electron chi connectivity index (χ3n) is 5.74. The van der Waals surface area contributed by atoms with E-state index in [1.165, 1.54) is 0 Å². The fourth-order valence-corrected chi connectivity index (χ4v) is 5.16. The number of aryl methyl sites for hydroxylation is 1. The molecule has 1 saturated heterocycles. The van der Waals surface area contributed by atoms with Crippen molar-refractivity contribution in [2.75, 3.05) is 13.1 Å². The molecule has 31 heavy (non-hydrogen) atoms. The highest BCUT2D eigenvalue weighted by atomic mass is 32.2. The standard InChI is InChI=1S/C25H24N4OS/c1-18-15-21(20-9-13-28-14-10-26-22(28)16-20)17-27-24(18)31-23(19-7-3-2-4-8-19)25(30)29-11-5-6-12-29/h2-4,7-10,13-17,23H,5-6,11-12H2,1H3. The zero-order chi connectivity index (χ0) is 21.2. The summed E-state index contributed by atoms with van der Waals surface area (Å²) in [7, 11) is 0. The second-order valence-corrected chi connectivity index (χ2v) is 8.99. The minimum Gasteiger partial charge on any atom is -0.341 e. The highest BCUT2D eigenvalue weighted by Crippen LogP contribution is 2.38. The zero-order valence-electron chi connectivity index (χ0n) is 17.4. The quantitative estimate of drug-likeness (QED) is 0.412. The van der Waals surface area contributed by atoms with Crippen molar-refractivity contribution >= 4 is 23.3 Å². The molecular formula is C25H24N4OS. The summed E-state index contributed by atoms with van der Waals surface area (Å²) in [6.07, 6.45) is 9.81. The highest BCUT2D eigenvalue weighted by molar-refractivity contribution is 8.00. The number of amides is 1. The van der Waals surface area contributed by atoms with Crippen LogP contribution in [0.25, 0.3) is 16.8 Å². The van der Waals surface area contributed by atoms with Gasteiger partial charge in [-0.05, 0) is 54.7 Å². The Bertz CT molecular complexity index is 1210. The maximum atomic E-state index is 13.3. The molecule has 0 bridgehead atoms. The molecule has 0 saturated carbocycles. The maximum absolute atomic E-state index is 13.3. The molecular weight excluding hydrogens is 404 g/mol. The van der Waals surface area contributed by atoms with E-state index in [4.69, 9.17) is 4.98 Å². The molecule has 0 aliphatic carbocycles. The van der Waals surface area contributed by atoms with E-state index in [0.717, 1.165) is 58.9 Å². The van der Waals surface area contributed by atoms with Crippen molar-refractivity contribution in [3.05, 3.63) is 84.4 Å². The Morgan fingerprint density at radius 3 is 2.58 bits per heavy atom. The molecule has 4 aromatic rings. The lowest BCUT2D eigenvalue weighted by Crippen LogP contribution is -2.31. The highest BCUT2D eigenvalue weighted by Gasteiger charge is 2.29. The molecule has 0 spiro atoms. The van der Waals surface area contributed by atoms with Gasteiger partial charge in [0.05, 0.1) is 5.03 Å². The molecule has 6 heteroatoms. The molecule has 1 unspecified atom stereocenters. The van der Waals surface area contributed by atoms with Gasteiger partial charge < -0.3 is 9.30 Å². The Morgan fingerprint density at radius 1 is 1.00 bits per heavy atom. The van der Waals surface area contributed by atoms with Gasteiger partial charge in [0, 0.05) is 43.4 Å². The van der Waals surface area contributed by atoms with E-state index in [-0.39, 0.29) is 11.2 Å². The number of aromatic nitrogens is 3. The first kappa shape index (κ1) is 19.8. The van der Waals surface area contributed by atoms with Crippen LogP contribution in [0.4, 0.5) is 0 Å². The fourth-order valence-electron chi connectivity index (χ4n) is 4.04. The van der Waals surface area contributed by atoms with E-state index in [1.54, 1.807) is 18.0 Å². The zero-order valence-corrected chi connectivity index (χ0v) is 18.3. The Hall–Kier alpha value is -3.12. The van der Waals surface area contributed by atoms with Crippen molar-refractivity contribution < 1.29 is 4.79 Å². The van der Waals surface area contributed by atoms with Crippen LogP contribution in [-0.2, 0) is 4.79 Å². The number of rotatable bonds is 5. The smallest absolute Gasteiger partial charge is 0.240 e. The number of fused-ring (bicyclic) bond motifs is 1. The van der Waals surface area contributed by atoms with Crippen molar-refractivity contribution in [3.63, 3.8) is 0 Å². The van der Waals surface area contributed by atoms with Gasteiger partial charge in [-0.25, -0.2) is 9.97 Å². The van der Waals surface area contributed by atoms with Crippen LogP contribution in [-0.4, -0.2) is 38.3 Å². The Kier molecular flexibility index (Phi) is 5.47. The summed E-state index contributed by atoms with van der Waals surface area (Å²) in [5.41, 5.74) is 5.14. The molecule has 5 rings (SSSR count). The first-order valence-electron chi connectivity index (χ1n) is 10.6. The second kappa shape index (κ2) is 8.55. The van der Waals surface area contributed by atoms with Gasteiger partial charge in [0.25, 0.3) is 0 Å². The third kappa shape index (κ3) is 4.08. The molecule has 1 fully saturated rings. The average molecular weight is 429 g/mol. The topological polar surface area (TPSA) is 50.5 Å². The molecule has 1 amide bonds. The number of carbonyl (C=O) groups is 1. The average Bonchev–Trinajstić information content (AvgIpc) is 3.50. The normalized spacial score (nSPS) is 14.8. The van der Waals surface area contributed by atoms with E-state index in [2.05, 4.69) is 30.1 Å². The fraction of sp³-hybridized carbons (Fsp3) is 0.240. The first-order chi connectivity index (χ1) is 15.2. The van der Waals surface area contributed by atoms with Gasteiger partial charge in [0.1, 0.15) is 10.9 Å². The molecule has 1 aliphatic heterocycles. The van der Waals surface area contributed by atoms with Crippen molar-refractivity contribution in [3.8, 4) is 11.1 Å². The van der Waals surface area contributed by atoms with Gasteiger partial charge in [-0.2, -0.15) is 0 Å². The maximum Gasteiger partial charge on any atom is 0.240 e. The number of likely N-dealkylation sites (tertiary alicyclic amines) is 1. The van der Waals surface area contributed by atoms with Crippen LogP contribution in [0.3, 0.4) is 0 Å². The molecule has 1 aromatic carbocycles. The minimum atomic E-state index is -0.280. The molecule has 156 valence electrons. The van der Waals surface area contributed by atoms with Gasteiger partial charge in [-0.15, -0.1) is 0 Å². The van der Waals surface area contributed by atoms with Crippen molar-refractivity contribution in [2.24, 2.45) is 0 Å². The third-order valence-corrected chi connectivity index (χ3v) is 7.10. The van der Waals surface area contributed by atoms with E-state index >= 15 is 0 Å². The molecule has 0 N–H and O–H groups in total. The van der Waals surface area contributed by atoms with Gasteiger partial charge in [-0.1, -0.05) is 42.1 Å². The van der Waals surface area contributed by atoms with Crippen LogP contribution in [0.1, 0.15) is 29.2 Å². The summed E-state index contributed by atoms with van der Waals surface area (Å²) in [4.78, 5) is 24.4. The molecule has 0 radical (unpaired) electrons. The number of hydrogen-bond acceptors (Lipinski definition) is 4. The van der Waals surface area contributed by atoms with E-state index < -0.39 is 0 Å². The predicted octanol–water partition coefficient (Wildman–Crippen LogP) is 5.16. The Balaban J connectivity index is 1.44. The lowest BCUT2D eigenvalue weighted by molar-refractivity contribution is -0.129. The summed E-state index contributed by atoms with van der Waals surface area (Å²) in [6.45, 7) is 3.77. The van der Waals surface area contributed by atoms with Crippen LogP contribution in [0.15, 0.2) is 78.3 Å². The monoisotopic (exact) mass is 428 g/mol. The molecule has 3 aromatic heterocycles. The lowest BCUT2D eigenvalue weighted by atomic mass is 10.1. The Morgan fingerprint density at radius 2 is 1.81 bits per heavy atom. The SMILES string of the molecule is Cc1cc(-c2ccn3ccnc3c2)cnc1SC(C(=O)N1CCCC1)c1ccccc1. The largest absolute Gasteiger partial charge is 0.341 e. The summed E-state index contributed by atoms with van der Waals surface area (Å²) in [5.74, 6) is 0.184. The van der Waals surface area contributed by atoms with Crippen LogP contribution >= 0.6 is 11.8 Å². The summed E-state index contributed by atoms with van der Waals surface area (Å²) >= 11 is 1.55. The van der Waals surface area contributed by atoms with Gasteiger partial charge >= 0.3 is 0 Å². The number of carbonyl (C=O) groups excluding carboxylic acids is 1. The van der Waals surface area contributed by atoms with Crippen LogP contribution in [0.5, 0.6) is 0 Å².